The van der Waals surface area contributed by atoms with E-state index < -0.39 is 0 Å². The van der Waals surface area contributed by atoms with E-state index in [9.17, 15) is 4.79 Å². The third-order valence-corrected chi connectivity index (χ3v) is 2.21. The van der Waals surface area contributed by atoms with Gasteiger partial charge in [-0.3, -0.25) is 4.79 Å². The lowest BCUT2D eigenvalue weighted by Gasteiger charge is -2.09. The average molecular weight is 222 g/mol. The second kappa shape index (κ2) is 6.85. The van der Waals surface area contributed by atoms with Gasteiger partial charge in [0, 0.05) is 6.42 Å². The van der Waals surface area contributed by atoms with Crippen molar-refractivity contribution in [1.82, 2.24) is 5.32 Å². The molecule has 0 aliphatic carbocycles. The number of benzene rings is 1. The molecule has 0 fully saturated rings. The van der Waals surface area contributed by atoms with E-state index in [1.54, 1.807) is 7.11 Å². The number of methoxy groups -OCH3 is 1. The first-order chi connectivity index (χ1) is 7.77. The van der Waals surface area contributed by atoms with Gasteiger partial charge in [0.2, 0.25) is 5.91 Å². The van der Waals surface area contributed by atoms with Gasteiger partial charge < -0.3 is 15.4 Å². The molecular formula is C12H18N2O2. The van der Waals surface area contributed by atoms with Gasteiger partial charge in [0.25, 0.3) is 0 Å². The van der Waals surface area contributed by atoms with Gasteiger partial charge in [0.1, 0.15) is 5.75 Å². The Bertz CT molecular complexity index is 340. The van der Waals surface area contributed by atoms with Crippen LogP contribution in [-0.4, -0.2) is 26.6 Å². The molecule has 0 heterocycles. The lowest BCUT2D eigenvalue weighted by Crippen LogP contribution is -2.15. The summed E-state index contributed by atoms with van der Waals surface area (Å²) < 4.78 is 5.14. The van der Waals surface area contributed by atoms with Gasteiger partial charge in [0.05, 0.1) is 12.8 Å². The van der Waals surface area contributed by atoms with Crippen molar-refractivity contribution < 1.29 is 9.53 Å². The molecule has 1 rings (SSSR count). The summed E-state index contributed by atoms with van der Waals surface area (Å²) in [6, 6.07) is 7.39. The van der Waals surface area contributed by atoms with E-state index in [1.165, 1.54) is 0 Å². The van der Waals surface area contributed by atoms with E-state index in [0.29, 0.717) is 12.2 Å². The average Bonchev–Trinajstić information content (AvgIpc) is 2.30. The Morgan fingerprint density at radius 2 is 2.12 bits per heavy atom. The maximum absolute atomic E-state index is 11.6. The van der Waals surface area contributed by atoms with Crippen LogP contribution < -0.4 is 15.4 Å². The van der Waals surface area contributed by atoms with Crippen molar-refractivity contribution in [2.75, 3.05) is 26.0 Å². The van der Waals surface area contributed by atoms with Crippen molar-refractivity contribution in [1.29, 1.82) is 0 Å². The second-order valence-corrected chi connectivity index (χ2v) is 3.46. The number of para-hydroxylation sites is 2. The van der Waals surface area contributed by atoms with Crippen molar-refractivity contribution in [2.45, 2.75) is 12.8 Å². The summed E-state index contributed by atoms with van der Waals surface area (Å²) in [7, 11) is 3.46. The fourth-order valence-electron chi connectivity index (χ4n) is 1.39. The molecule has 88 valence electrons. The van der Waals surface area contributed by atoms with Crippen LogP contribution in [-0.2, 0) is 4.79 Å². The highest BCUT2D eigenvalue weighted by Crippen LogP contribution is 2.22. The van der Waals surface area contributed by atoms with Gasteiger partial charge in [-0.1, -0.05) is 12.1 Å². The molecule has 0 saturated carbocycles. The summed E-state index contributed by atoms with van der Waals surface area (Å²) in [6.07, 6.45) is 1.34. The number of anilines is 1. The SMILES string of the molecule is CNCCCC(=O)Nc1ccccc1OC. The van der Waals surface area contributed by atoms with E-state index in [1.807, 2.05) is 31.3 Å². The first-order valence-corrected chi connectivity index (χ1v) is 5.35. The molecule has 0 aliphatic rings. The molecule has 4 heteroatoms. The minimum Gasteiger partial charge on any atom is -0.495 e. The summed E-state index contributed by atoms with van der Waals surface area (Å²) in [5.74, 6) is 0.698. The number of rotatable bonds is 6. The van der Waals surface area contributed by atoms with Crippen LogP contribution >= 0.6 is 0 Å². The largest absolute Gasteiger partial charge is 0.495 e. The molecule has 0 unspecified atom stereocenters. The molecular weight excluding hydrogens is 204 g/mol. The molecule has 0 atom stereocenters. The molecule has 1 aromatic carbocycles. The molecule has 0 aliphatic heterocycles. The van der Waals surface area contributed by atoms with Crippen molar-refractivity contribution in [2.24, 2.45) is 0 Å². The first kappa shape index (κ1) is 12.5. The summed E-state index contributed by atoms with van der Waals surface area (Å²) in [5, 5.41) is 5.83. The monoisotopic (exact) mass is 222 g/mol. The Labute approximate surface area is 96.0 Å². The predicted molar refractivity (Wildman–Crippen MR) is 64.8 cm³/mol. The molecule has 4 nitrogen and oxygen atoms in total. The van der Waals surface area contributed by atoms with Crippen molar-refractivity contribution >= 4 is 11.6 Å². The Morgan fingerprint density at radius 1 is 1.38 bits per heavy atom. The number of carbonyl (C=O) groups excluding carboxylic acids is 1. The Balaban J connectivity index is 2.49. The molecule has 2 N–H and O–H groups in total. The molecule has 1 aromatic rings. The zero-order valence-corrected chi connectivity index (χ0v) is 9.75. The highest BCUT2D eigenvalue weighted by molar-refractivity contribution is 5.92. The van der Waals surface area contributed by atoms with Crippen molar-refractivity contribution in [3.05, 3.63) is 24.3 Å². The fourth-order valence-corrected chi connectivity index (χ4v) is 1.39. The topological polar surface area (TPSA) is 50.4 Å². The summed E-state index contributed by atoms with van der Waals surface area (Å²) in [5.41, 5.74) is 0.722. The third-order valence-electron chi connectivity index (χ3n) is 2.21. The van der Waals surface area contributed by atoms with Crippen molar-refractivity contribution in [3.8, 4) is 5.75 Å². The van der Waals surface area contributed by atoms with Crippen LogP contribution in [0.2, 0.25) is 0 Å². The van der Waals surface area contributed by atoms with Crippen LogP contribution in [0.5, 0.6) is 5.75 Å². The summed E-state index contributed by atoms with van der Waals surface area (Å²) in [4.78, 5) is 11.6. The van der Waals surface area contributed by atoms with E-state index in [4.69, 9.17) is 4.74 Å². The highest BCUT2D eigenvalue weighted by atomic mass is 16.5. The van der Waals surface area contributed by atoms with E-state index >= 15 is 0 Å². The molecule has 0 spiro atoms. The van der Waals surface area contributed by atoms with Crippen LogP contribution in [0.4, 0.5) is 5.69 Å². The number of amides is 1. The van der Waals surface area contributed by atoms with Crippen LogP contribution in [0.1, 0.15) is 12.8 Å². The third kappa shape index (κ3) is 3.90. The van der Waals surface area contributed by atoms with E-state index in [0.717, 1.165) is 18.7 Å². The van der Waals surface area contributed by atoms with Crippen LogP contribution in [0.3, 0.4) is 0 Å². The predicted octanol–water partition coefficient (Wildman–Crippen LogP) is 1.63. The van der Waals surface area contributed by atoms with Gasteiger partial charge in [0.15, 0.2) is 0 Å². The Kier molecular flexibility index (Phi) is 5.36. The van der Waals surface area contributed by atoms with Crippen LogP contribution in [0.15, 0.2) is 24.3 Å². The molecule has 0 bridgehead atoms. The van der Waals surface area contributed by atoms with Gasteiger partial charge in [-0.05, 0) is 32.1 Å². The normalized spacial score (nSPS) is 9.88. The summed E-state index contributed by atoms with van der Waals surface area (Å²) in [6.45, 7) is 0.847. The number of ether oxygens (including phenoxy) is 1. The van der Waals surface area contributed by atoms with Crippen LogP contribution in [0.25, 0.3) is 0 Å². The lowest BCUT2D eigenvalue weighted by atomic mass is 10.2. The standard InChI is InChI=1S/C12H18N2O2/c1-13-9-5-8-12(15)14-10-6-3-4-7-11(10)16-2/h3-4,6-7,13H,5,8-9H2,1-2H3,(H,14,15). The van der Waals surface area contributed by atoms with E-state index in [-0.39, 0.29) is 5.91 Å². The molecule has 16 heavy (non-hydrogen) atoms. The van der Waals surface area contributed by atoms with Gasteiger partial charge in [-0.2, -0.15) is 0 Å². The molecule has 0 radical (unpaired) electrons. The van der Waals surface area contributed by atoms with Gasteiger partial charge >= 0.3 is 0 Å². The van der Waals surface area contributed by atoms with Crippen molar-refractivity contribution in [3.63, 3.8) is 0 Å². The number of hydrogen-bond donors (Lipinski definition) is 2. The van der Waals surface area contributed by atoms with Crippen LogP contribution in [0, 0.1) is 0 Å². The number of nitrogens with one attached hydrogen (secondary N) is 2. The highest BCUT2D eigenvalue weighted by Gasteiger charge is 2.05. The summed E-state index contributed by atoms with van der Waals surface area (Å²) >= 11 is 0. The Hall–Kier alpha value is -1.55. The maximum atomic E-state index is 11.6. The minimum absolute atomic E-state index is 0.0137. The smallest absolute Gasteiger partial charge is 0.224 e. The molecule has 1 amide bonds. The van der Waals surface area contributed by atoms with Gasteiger partial charge in [-0.25, -0.2) is 0 Å². The second-order valence-electron chi connectivity index (χ2n) is 3.46. The molecule has 0 aromatic heterocycles. The first-order valence-electron chi connectivity index (χ1n) is 5.35. The zero-order valence-electron chi connectivity index (χ0n) is 9.75. The lowest BCUT2D eigenvalue weighted by molar-refractivity contribution is -0.116. The van der Waals surface area contributed by atoms with Gasteiger partial charge in [-0.15, -0.1) is 0 Å². The maximum Gasteiger partial charge on any atom is 0.224 e. The molecule has 0 saturated heterocycles. The minimum atomic E-state index is 0.0137. The quantitative estimate of drug-likeness (QED) is 0.719. The number of carbonyl (C=O) groups is 1. The van der Waals surface area contributed by atoms with E-state index in [2.05, 4.69) is 10.6 Å². The number of hydrogen-bond acceptors (Lipinski definition) is 3. The fraction of sp³-hybridized carbons (Fsp3) is 0.417. The Morgan fingerprint density at radius 3 is 2.81 bits per heavy atom. The zero-order chi connectivity index (χ0) is 11.8.